The van der Waals surface area contributed by atoms with Gasteiger partial charge in [0, 0.05) is 23.1 Å². The van der Waals surface area contributed by atoms with Gasteiger partial charge < -0.3 is 14.8 Å². The van der Waals surface area contributed by atoms with Crippen LogP contribution in [0, 0.1) is 6.92 Å². The fourth-order valence-corrected chi connectivity index (χ4v) is 2.91. The number of nitrogens with one attached hydrogen (secondary N) is 1. The van der Waals surface area contributed by atoms with Crippen LogP contribution in [0.3, 0.4) is 0 Å². The Balaban J connectivity index is 1.72. The summed E-state index contributed by atoms with van der Waals surface area (Å²) in [5.74, 6) is 1.68. The molecule has 0 aliphatic carbocycles. The van der Waals surface area contributed by atoms with Crippen LogP contribution in [-0.2, 0) is 6.54 Å². The molecule has 0 fully saturated rings. The smallest absolute Gasteiger partial charge is 0.161 e. The summed E-state index contributed by atoms with van der Waals surface area (Å²) in [7, 11) is 0. The van der Waals surface area contributed by atoms with Gasteiger partial charge in [-0.15, -0.1) is 0 Å². The Morgan fingerprint density at radius 1 is 1.05 bits per heavy atom. The molecule has 1 heterocycles. The average Bonchev–Trinajstić information content (AvgIpc) is 2.71. The number of ether oxygens (including phenoxy) is 2. The summed E-state index contributed by atoms with van der Waals surface area (Å²) in [5, 5.41) is 3.44. The van der Waals surface area contributed by atoms with Crippen LogP contribution in [0.4, 0.5) is 5.69 Å². The molecule has 0 atom stereocenters. The van der Waals surface area contributed by atoms with E-state index in [0.29, 0.717) is 6.61 Å². The Labute approximate surface area is 133 Å². The van der Waals surface area contributed by atoms with Crippen molar-refractivity contribution in [3.05, 3.63) is 52.0 Å². The molecule has 3 rings (SSSR count). The predicted molar refractivity (Wildman–Crippen MR) is 88.3 cm³/mol. The Morgan fingerprint density at radius 2 is 1.86 bits per heavy atom. The second-order valence-electron chi connectivity index (χ2n) is 5.17. The van der Waals surface area contributed by atoms with Crippen LogP contribution < -0.4 is 14.8 Å². The summed E-state index contributed by atoms with van der Waals surface area (Å²) in [4.78, 5) is 0. The summed E-state index contributed by atoms with van der Waals surface area (Å²) in [6, 6.07) is 12.4. The van der Waals surface area contributed by atoms with Crippen molar-refractivity contribution in [2.24, 2.45) is 0 Å². The highest BCUT2D eigenvalue weighted by atomic mass is 79.9. The monoisotopic (exact) mass is 347 g/mol. The second kappa shape index (κ2) is 6.39. The highest BCUT2D eigenvalue weighted by Gasteiger charge is 2.10. The highest BCUT2D eigenvalue weighted by molar-refractivity contribution is 9.10. The van der Waals surface area contributed by atoms with Crippen molar-refractivity contribution in [3.8, 4) is 11.5 Å². The number of hydrogen-bond donors (Lipinski definition) is 1. The molecule has 0 amide bonds. The van der Waals surface area contributed by atoms with Crippen molar-refractivity contribution in [2.75, 3.05) is 18.5 Å². The summed E-state index contributed by atoms with van der Waals surface area (Å²) in [6.07, 6.45) is 0.929. The van der Waals surface area contributed by atoms with Gasteiger partial charge >= 0.3 is 0 Å². The first-order chi connectivity index (χ1) is 10.2. The average molecular weight is 348 g/mol. The zero-order valence-corrected chi connectivity index (χ0v) is 13.6. The van der Waals surface area contributed by atoms with Gasteiger partial charge in [0.1, 0.15) is 0 Å². The molecule has 1 aliphatic heterocycles. The maximum Gasteiger partial charge on any atom is 0.161 e. The minimum absolute atomic E-state index is 0.716. The van der Waals surface area contributed by atoms with Crippen molar-refractivity contribution >= 4 is 21.6 Å². The normalized spacial score (nSPS) is 13.6. The van der Waals surface area contributed by atoms with E-state index < -0.39 is 0 Å². The second-order valence-corrected chi connectivity index (χ2v) is 6.02. The van der Waals surface area contributed by atoms with Gasteiger partial charge in [-0.05, 0) is 58.2 Å². The van der Waals surface area contributed by atoms with Gasteiger partial charge in [-0.1, -0.05) is 12.1 Å². The van der Waals surface area contributed by atoms with Crippen LogP contribution in [0.5, 0.6) is 11.5 Å². The van der Waals surface area contributed by atoms with Gasteiger partial charge in [-0.2, -0.15) is 0 Å². The molecule has 2 aromatic rings. The lowest BCUT2D eigenvalue weighted by Crippen LogP contribution is -2.01. The Bertz CT molecular complexity index is 643. The van der Waals surface area contributed by atoms with Crippen LogP contribution in [0.15, 0.2) is 40.9 Å². The largest absolute Gasteiger partial charge is 0.490 e. The molecule has 21 heavy (non-hydrogen) atoms. The standard InChI is InChI=1S/C17H18BrNO2/c1-12-3-5-15(14(18)9-12)19-11-13-4-6-16-17(10-13)21-8-2-7-20-16/h3-6,9-10,19H,2,7-8,11H2,1H3. The van der Waals surface area contributed by atoms with E-state index in [0.717, 1.165) is 41.2 Å². The fraction of sp³-hybridized carbons (Fsp3) is 0.294. The minimum atomic E-state index is 0.716. The molecule has 0 saturated heterocycles. The molecule has 2 aromatic carbocycles. The van der Waals surface area contributed by atoms with E-state index in [4.69, 9.17) is 9.47 Å². The van der Waals surface area contributed by atoms with E-state index in [2.05, 4.69) is 58.5 Å². The third kappa shape index (κ3) is 3.50. The van der Waals surface area contributed by atoms with Crippen molar-refractivity contribution in [1.82, 2.24) is 0 Å². The zero-order valence-electron chi connectivity index (χ0n) is 12.0. The van der Waals surface area contributed by atoms with E-state index in [9.17, 15) is 0 Å². The molecule has 0 saturated carbocycles. The van der Waals surface area contributed by atoms with E-state index in [1.165, 1.54) is 11.1 Å². The topological polar surface area (TPSA) is 30.5 Å². The maximum atomic E-state index is 5.72. The van der Waals surface area contributed by atoms with Crippen molar-refractivity contribution < 1.29 is 9.47 Å². The van der Waals surface area contributed by atoms with E-state index in [-0.39, 0.29) is 0 Å². The first kappa shape index (κ1) is 14.3. The van der Waals surface area contributed by atoms with Crippen molar-refractivity contribution in [3.63, 3.8) is 0 Å². The third-order valence-electron chi connectivity index (χ3n) is 3.42. The van der Waals surface area contributed by atoms with Crippen LogP contribution in [0.25, 0.3) is 0 Å². The summed E-state index contributed by atoms with van der Waals surface area (Å²) in [5.41, 5.74) is 3.50. The number of anilines is 1. The number of fused-ring (bicyclic) bond motifs is 1. The van der Waals surface area contributed by atoms with E-state index in [1.807, 2.05) is 6.07 Å². The zero-order chi connectivity index (χ0) is 14.7. The lowest BCUT2D eigenvalue weighted by molar-refractivity contribution is 0.297. The molecule has 0 unspecified atom stereocenters. The fourth-order valence-electron chi connectivity index (χ4n) is 2.28. The first-order valence-corrected chi connectivity index (χ1v) is 7.90. The lowest BCUT2D eigenvalue weighted by Gasteiger charge is -2.12. The maximum absolute atomic E-state index is 5.72. The molecule has 0 radical (unpaired) electrons. The predicted octanol–water partition coefficient (Wildman–Crippen LogP) is 4.53. The molecular formula is C17H18BrNO2. The van der Waals surface area contributed by atoms with Gasteiger partial charge in [0.15, 0.2) is 11.5 Å². The molecule has 3 nitrogen and oxygen atoms in total. The number of benzene rings is 2. The summed E-state index contributed by atoms with van der Waals surface area (Å²) >= 11 is 3.58. The number of rotatable bonds is 3. The van der Waals surface area contributed by atoms with E-state index in [1.54, 1.807) is 0 Å². The van der Waals surface area contributed by atoms with E-state index >= 15 is 0 Å². The molecule has 0 spiro atoms. The molecule has 0 bridgehead atoms. The van der Waals surface area contributed by atoms with Gasteiger partial charge in [-0.3, -0.25) is 0 Å². The number of hydrogen-bond acceptors (Lipinski definition) is 3. The molecule has 1 aliphatic rings. The molecule has 110 valence electrons. The lowest BCUT2D eigenvalue weighted by atomic mass is 10.2. The molecule has 0 aromatic heterocycles. The number of aryl methyl sites for hydroxylation is 1. The van der Waals surface area contributed by atoms with Crippen molar-refractivity contribution in [1.29, 1.82) is 0 Å². The third-order valence-corrected chi connectivity index (χ3v) is 4.08. The molecule has 1 N–H and O–H groups in total. The Morgan fingerprint density at radius 3 is 2.67 bits per heavy atom. The van der Waals surface area contributed by atoms with Crippen LogP contribution in [-0.4, -0.2) is 13.2 Å². The van der Waals surface area contributed by atoms with Crippen LogP contribution in [0.2, 0.25) is 0 Å². The Kier molecular flexibility index (Phi) is 4.34. The van der Waals surface area contributed by atoms with Gasteiger partial charge in [0.05, 0.1) is 13.2 Å². The molecular weight excluding hydrogens is 330 g/mol. The Hall–Kier alpha value is -1.68. The minimum Gasteiger partial charge on any atom is -0.490 e. The molecule has 4 heteroatoms. The van der Waals surface area contributed by atoms with Crippen LogP contribution >= 0.6 is 15.9 Å². The highest BCUT2D eigenvalue weighted by Crippen LogP contribution is 2.31. The number of halogens is 1. The quantitative estimate of drug-likeness (QED) is 0.884. The summed E-state index contributed by atoms with van der Waals surface area (Å²) < 4.78 is 12.4. The van der Waals surface area contributed by atoms with Crippen LogP contribution in [0.1, 0.15) is 17.5 Å². The van der Waals surface area contributed by atoms with Crippen molar-refractivity contribution in [2.45, 2.75) is 19.9 Å². The van der Waals surface area contributed by atoms with Gasteiger partial charge in [0.25, 0.3) is 0 Å². The first-order valence-electron chi connectivity index (χ1n) is 7.11. The SMILES string of the molecule is Cc1ccc(NCc2ccc3c(c2)OCCCO3)c(Br)c1. The van der Waals surface area contributed by atoms with Gasteiger partial charge in [0.2, 0.25) is 0 Å². The van der Waals surface area contributed by atoms with Gasteiger partial charge in [-0.25, -0.2) is 0 Å². The summed E-state index contributed by atoms with van der Waals surface area (Å²) in [6.45, 7) is 4.27.